The lowest BCUT2D eigenvalue weighted by molar-refractivity contribution is -0.641. The summed E-state index contributed by atoms with van der Waals surface area (Å²) in [5, 5.41) is 5.76. The van der Waals surface area contributed by atoms with E-state index in [0.29, 0.717) is 0 Å². The molecule has 0 bridgehead atoms. The zero-order valence-corrected chi connectivity index (χ0v) is 19.1. The van der Waals surface area contributed by atoms with Crippen LogP contribution in [0.3, 0.4) is 0 Å². The minimum Gasteiger partial charge on any atom is -0.355 e. The highest BCUT2D eigenvalue weighted by Gasteiger charge is 2.33. The number of carbonyl (C=O) groups is 1. The summed E-state index contributed by atoms with van der Waals surface area (Å²) in [6.07, 6.45) is 0. The molecule has 1 aliphatic carbocycles. The number of benzene rings is 4. The van der Waals surface area contributed by atoms with Crippen molar-refractivity contribution in [3.63, 3.8) is 0 Å². The van der Waals surface area contributed by atoms with Crippen LogP contribution in [0.15, 0.2) is 78.9 Å². The molecule has 0 radical (unpaired) electrons. The van der Waals surface area contributed by atoms with Crippen LogP contribution in [0.4, 0.5) is 11.4 Å². The Morgan fingerprint density at radius 2 is 1.45 bits per heavy atom. The standard InChI is InChI=1S/C30H24N2O/c1-4-32-25-15-11-19(3)17-23(25)27-21-7-5-6-8-22(21)30(33)28-24(14-16-26(32)29(27)28)31-20-12-9-18(2)10-13-20/h5-17H,4H2,1-3H3/p+1. The number of anilines is 2. The minimum atomic E-state index is 0.0768. The smallest absolute Gasteiger partial charge is 0.214 e. The summed E-state index contributed by atoms with van der Waals surface area (Å²) in [7, 11) is 0. The number of aryl methyl sites for hydroxylation is 3. The topological polar surface area (TPSA) is 33.0 Å². The van der Waals surface area contributed by atoms with Gasteiger partial charge in [0.05, 0.1) is 22.0 Å². The molecule has 3 nitrogen and oxygen atoms in total. The highest BCUT2D eigenvalue weighted by molar-refractivity contribution is 6.30. The Kier molecular flexibility index (Phi) is 4.34. The first-order valence-electron chi connectivity index (χ1n) is 11.5. The summed E-state index contributed by atoms with van der Waals surface area (Å²) >= 11 is 0. The van der Waals surface area contributed by atoms with Crippen LogP contribution in [0, 0.1) is 13.8 Å². The van der Waals surface area contributed by atoms with Gasteiger partial charge in [-0.05, 0) is 50.6 Å². The third-order valence-corrected chi connectivity index (χ3v) is 6.75. The molecule has 0 fully saturated rings. The molecule has 0 saturated heterocycles. The van der Waals surface area contributed by atoms with Gasteiger partial charge in [0.2, 0.25) is 11.0 Å². The Morgan fingerprint density at radius 1 is 0.758 bits per heavy atom. The molecule has 1 heterocycles. The Morgan fingerprint density at radius 3 is 2.21 bits per heavy atom. The number of rotatable bonds is 3. The van der Waals surface area contributed by atoms with Crippen LogP contribution in [0.25, 0.3) is 32.9 Å². The lowest BCUT2D eigenvalue weighted by atomic mass is 9.81. The molecule has 5 aromatic rings. The number of fused-ring (bicyclic) bond motifs is 4. The SMILES string of the molecule is CC[n+]1c2ccc(C)cc2c2c3c(c(Nc4ccc(C)cc4)ccc31)C(=O)c1ccccc1-2. The third kappa shape index (κ3) is 2.89. The normalized spacial score (nSPS) is 12.3. The Balaban J connectivity index is 1.77. The van der Waals surface area contributed by atoms with Crippen molar-refractivity contribution < 1.29 is 9.36 Å². The summed E-state index contributed by atoms with van der Waals surface area (Å²) in [5.74, 6) is 0.0768. The maximum Gasteiger partial charge on any atom is 0.214 e. The fourth-order valence-corrected chi connectivity index (χ4v) is 5.21. The molecule has 1 aromatic heterocycles. The maximum atomic E-state index is 13.9. The average Bonchev–Trinajstić information content (AvgIpc) is 2.83. The van der Waals surface area contributed by atoms with E-state index in [2.05, 4.69) is 91.3 Å². The van der Waals surface area contributed by atoms with E-state index in [9.17, 15) is 4.79 Å². The van der Waals surface area contributed by atoms with E-state index in [4.69, 9.17) is 0 Å². The average molecular weight is 430 g/mol. The van der Waals surface area contributed by atoms with Gasteiger partial charge in [0.25, 0.3) is 0 Å². The van der Waals surface area contributed by atoms with E-state index < -0.39 is 0 Å². The summed E-state index contributed by atoms with van der Waals surface area (Å²) in [6.45, 7) is 7.20. The molecule has 0 aliphatic heterocycles. The monoisotopic (exact) mass is 429 g/mol. The quantitative estimate of drug-likeness (QED) is 0.246. The molecule has 33 heavy (non-hydrogen) atoms. The Labute approximate surface area is 193 Å². The second kappa shape index (κ2) is 7.28. The van der Waals surface area contributed by atoms with Crippen molar-refractivity contribution in [2.24, 2.45) is 0 Å². The van der Waals surface area contributed by atoms with Crippen molar-refractivity contribution in [1.82, 2.24) is 0 Å². The van der Waals surface area contributed by atoms with Gasteiger partial charge in [0.15, 0.2) is 5.78 Å². The molecule has 0 spiro atoms. The first kappa shape index (κ1) is 19.7. The molecule has 3 heteroatoms. The fraction of sp³-hybridized carbons (Fsp3) is 0.133. The molecule has 0 saturated carbocycles. The second-order valence-corrected chi connectivity index (χ2v) is 8.89. The van der Waals surface area contributed by atoms with Crippen LogP contribution in [0.1, 0.15) is 34.0 Å². The first-order valence-corrected chi connectivity index (χ1v) is 11.5. The van der Waals surface area contributed by atoms with Crippen LogP contribution in [0.5, 0.6) is 0 Å². The Hall–Kier alpha value is -3.98. The van der Waals surface area contributed by atoms with E-state index >= 15 is 0 Å². The van der Waals surface area contributed by atoms with Gasteiger partial charge in [-0.3, -0.25) is 4.79 Å². The van der Waals surface area contributed by atoms with Crippen LogP contribution in [-0.2, 0) is 6.54 Å². The zero-order valence-electron chi connectivity index (χ0n) is 19.1. The van der Waals surface area contributed by atoms with Crippen molar-refractivity contribution in [3.8, 4) is 11.1 Å². The van der Waals surface area contributed by atoms with Gasteiger partial charge in [0.1, 0.15) is 6.54 Å². The van der Waals surface area contributed by atoms with Gasteiger partial charge in [-0.1, -0.05) is 53.6 Å². The van der Waals surface area contributed by atoms with Crippen LogP contribution >= 0.6 is 0 Å². The van der Waals surface area contributed by atoms with E-state index in [1.54, 1.807) is 0 Å². The van der Waals surface area contributed by atoms with E-state index in [0.717, 1.165) is 51.1 Å². The van der Waals surface area contributed by atoms with Gasteiger partial charge >= 0.3 is 0 Å². The number of ketones is 1. The third-order valence-electron chi connectivity index (χ3n) is 6.75. The van der Waals surface area contributed by atoms with E-state index in [1.165, 1.54) is 22.0 Å². The summed E-state index contributed by atoms with van der Waals surface area (Å²) in [4.78, 5) is 13.9. The van der Waals surface area contributed by atoms with E-state index in [-0.39, 0.29) is 5.78 Å². The lowest BCUT2D eigenvalue weighted by Crippen LogP contribution is -2.35. The maximum absolute atomic E-state index is 13.9. The van der Waals surface area contributed by atoms with Gasteiger partial charge < -0.3 is 5.32 Å². The molecule has 1 aliphatic rings. The van der Waals surface area contributed by atoms with Crippen LogP contribution in [-0.4, -0.2) is 5.78 Å². The second-order valence-electron chi connectivity index (χ2n) is 8.89. The van der Waals surface area contributed by atoms with Crippen molar-refractivity contribution in [2.45, 2.75) is 27.3 Å². The lowest BCUT2D eigenvalue weighted by Gasteiger charge is -2.23. The minimum absolute atomic E-state index is 0.0768. The number of hydrogen-bond acceptors (Lipinski definition) is 2. The molecule has 4 aromatic carbocycles. The van der Waals surface area contributed by atoms with Crippen molar-refractivity contribution in [1.29, 1.82) is 0 Å². The predicted octanol–water partition coefficient (Wildman–Crippen LogP) is 6.87. The van der Waals surface area contributed by atoms with Crippen molar-refractivity contribution in [2.75, 3.05) is 5.32 Å². The molecular weight excluding hydrogens is 404 g/mol. The highest BCUT2D eigenvalue weighted by atomic mass is 16.1. The van der Waals surface area contributed by atoms with Crippen molar-refractivity contribution >= 4 is 39.0 Å². The van der Waals surface area contributed by atoms with Crippen LogP contribution < -0.4 is 9.88 Å². The van der Waals surface area contributed by atoms with Gasteiger partial charge in [-0.15, -0.1) is 0 Å². The summed E-state index contributed by atoms with van der Waals surface area (Å²) < 4.78 is 2.33. The molecular formula is C30H25N2O+. The molecule has 160 valence electrons. The van der Waals surface area contributed by atoms with Gasteiger partial charge in [0, 0.05) is 28.9 Å². The number of pyridine rings is 1. The number of nitrogens with zero attached hydrogens (tertiary/aromatic N) is 1. The summed E-state index contributed by atoms with van der Waals surface area (Å²) in [6, 6.07) is 27.2. The highest BCUT2D eigenvalue weighted by Crippen LogP contribution is 2.45. The Bertz CT molecular complexity index is 1600. The molecule has 0 unspecified atom stereocenters. The molecule has 6 rings (SSSR count). The number of hydrogen-bond donors (Lipinski definition) is 1. The molecule has 0 amide bonds. The number of nitrogens with one attached hydrogen (secondary N) is 1. The van der Waals surface area contributed by atoms with Gasteiger partial charge in [-0.25, -0.2) is 0 Å². The predicted molar refractivity (Wildman–Crippen MR) is 135 cm³/mol. The summed E-state index contributed by atoms with van der Waals surface area (Å²) in [5.41, 5.74) is 10.2. The molecule has 1 N–H and O–H groups in total. The largest absolute Gasteiger partial charge is 0.355 e. The molecule has 0 atom stereocenters. The zero-order chi connectivity index (χ0) is 22.7. The van der Waals surface area contributed by atoms with Gasteiger partial charge in [-0.2, -0.15) is 4.57 Å². The number of aromatic nitrogens is 1. The number of carbonyl (C=O) groups excluding carboxylic acids is 1. The fourth-order valence-electron chi connectivity index (χ4n) is 5.21. The first-order chi connectivity index (χ1) is 16.1. The van der Waals surface area contributed by atoms with Crippen molar-refractivity contribution in [3.05, 3.63) is 101 Å². The van der Waals surface area contributed by atoms with E-state index in [1.807, 2.05) is 18.2 Å². The van der Waals surface area contributed by atoms with Crippen LogP contribution in [0.2, 0.25) is 0 Å².